The van der Waals surface area contributed by atoms with Crippen molar-refractivity contribution in [1.29, 1.82) is 0 Å². The van der Waals surface area contributed by atoms with E-state index < -0.39 is 0 Å². The Morgan fingerprint density at radius 1 is 1.16 bits per heavy atom. The molecule has 2 N–H and O–H groups in total. The summed E-state index contributed by atoms with van der Waals surface area (Å²) in [7, 11) is 1.71. The monoisotopic (exact) mass is 260 g/mol. The van der Waals surface area contributed by atoms with Crippen molar-refractivity contribution in [3.05, 3.63) is 35.4 Å². The maximum Gasteiger partial charge on any atom is 0.241 e. The molecular weight excluding hydrogens is 236 g/mol. The highest BCUT2D eigenvalue weighted by Gasteiger charge is 2.17. The number of nitrogens with one attached hydrogen (secondary N) is 2. The third-order valence-electron chi connectivity index (χ3n) is 4.15. The van der Waals surface area contributed by atoms with Gasteiger partial charge in [-0.15, -0.1) is 0 Å². The molecule has 1 amide bonds. The summed E-state index contributed by atoms with van der Waals surface area (Å²) in [5.41, 5.74) is 7.83. The van der Waals surface area contributed by atoms with E-state index in [2.05, 4.69) is 35.1 Å². The zero-order valence-corrected chi connectivity index (χ0v) is 11.9. The molecule has 3 heteroatoms. The van der Waals surface area contributed by atoms with E-state index in [0.717, 1.165) is 11.5 Å². The lowest BCUT2D eigenvalue weighted by Crippen LogP contribution is -2.37. The SMILES string of the molecule is CNNC(=O)C(C)c1ccc(C2CCCCC2)cc1. The van der Waals surface area contributed by atoms with E-state index in [4.69, 9.17) is 0 Å². The summed E-state index contributed by atoms with van der Waals surface area (Å²) in [4.78, 5) is 11.8. The van der Waals surface area contributed by atoms with Crippen LogP contribution in [0.15, 0.2) is 24.3 Å². The Balaban J connectivity index is 2.03. The van der Waals surface area contributed by atoms with Crippen molar-refractivity contribution >= 4 is 5.91 Å². The second kappa shape index (κ2) is 6.71. The number of carbonyl (C=O) groups is 1. The predicted molar refractivity (Wildman–Crippen MR) is 77.9 cm³/mol. The summed E-state index contributed by atoms with van der Waals surface area (Å²) in [5, 5.41) is 0. The standard InChI is InChI=1S/C16H24N2O/c1-12(16(19)18-17-2)13-8-10-15(11-9-13)14-6-4-3-5-7-14/h8-12,14,17H,3-7H2,1-2H3,(H,18,19). The fourth-order valence-electron chi connectivity index (χ4n) is 2.88. The van der Waals surface area contributed by atoms with Gasteiger partial charge in [0.2, 0.25) is 5.91 Å². The first kappa shape index (κ1) is 14.1. The average Bonchev–Trinajstić information content (AvgIpc) is 2.48. The van der Waals surface area contributed by atoms with E-state index in [0.29, 0.717) is 0 Å². The third kappa shape index (κ3) is 3.57. The molecule has 1 aromatic rings. The van der Waals surface area contributed by atoms with Gasteiger partial charge in [-0.1, -0.05) is 43.5 Å². The summed E-state index contributed by atoms with van der Waals surface area (Å²) in [6, 6.07) is 8.61. The van der Waals surface area contributed by atoms with Crippen LogP contribution in [0.5, 0.6) is 0 Å². The first-order chi connectivity index (χ1) is 9.22. The van der Waals surface area contributed by atoms with Crippen LogP contribution in [0.1, 0.15) is 62.0 Å². The molecule has 0 heterocycles. The molecule has 1 aliphatic carbocycles. The third-order valence-corrected chi connectivity index (χ3v) is 4.15. The van der Waals surface area contributed by atoms with Crippen LogP contribution in [0.25, 0.3) is 0 Å². The van der Waals surface area contributed by atoms with E-state index >= 15 is 0 Å². The Morgan fingerprint density at radius 2 is 1.79 bits per heavy atom. The highest BCUT2D eigenvalue weighted by Crippen LogP contribution is 2.33. The van der Waals surface area contributed by atoms with Gasteiger partial charge in [0.25, 0.3) is 0 Å². The molecule has 1 aliphatic rings. The maximum absolute atomic E-state index is 11.8. The van der Waals surface area contributed by atoms with E-state index in [1.165, 1.54) is 37.7 Å². The normalized spacial score (nSPS) is 18.0. The number of carbonyl (C=O) groups excluding carboxylic acids is 1. The minimum atomic E-state index is -0.118. The molecule has 0 bridgehead atoms. The second-order valence-electron chi connectivity index (χ2n) is 5.46. The van der Waals surface area contributed by atoms with Gasteiger partial charge >= 0.3 is 0 Å². The number of hydrogen-bond acceptors (Lipinski definition) is 2. The van der Waals surface area contributed by atoms with Crippen LogP contribution in [0.4, 0.5) is 0 Å². The lowest BCUT2D eigenvalue weighted by molar-refractivity contribution is -0.123. The molecule has 1 atom stereocenters. The Labute approximate surface area is 115 Å². The van der Waals surface area contributed by atoms with Crippen molar-refractivity contribution in [2.24, 2.45) is 0 Å². The van der Waals surface area contributed by atoms with Crippen LogP contribution in [0.2, 0.25) is 0 Å². The van der Waals surface area contributed by atoms with Gasteiger partial charge in [0.05, 0.1) is 5.92 Å². The first-order valence-corrected chi connectivity index (χ1v) is 7.29. The summed E-state index contributed by atoms with van der Waals surface area (Å²) < 4.78 is 0. The smallest absolute Gasteiger partial charge is 0.241 e. The predicted octanol–water partition coefficient (Wildman–Crippen LogP) is 3.09. The Kier molecular flexibility index (Phi) is 4.97. The van der Waals surface area contributed by atoms with Gasteiger partial charge in [0.15, 0.2) is 0 Å². The molecule has 1 fully saturated rings. The van der Waals surface area contributed by atoms with Crippen LogP contribution in [-0.4, -0.2) is 13.0 Å². The summed E-state index contributed by atoms with van der Waals surface area (Å²) in [6.07, 6.45) is 6.72. The fraction of sp³-hybridized carbons (Fsp3) is 0.562. The number of hydrogen-bond donors (Lipinski definition) is 2. The number of amides is 1. The van der Waals surface area contributed by atoms with Crippen molar-refractivity contribution in [1.82, 2.24) is 10.9 Å². The molecule has 0 radical (unpaired) electrons. The second-order valence-corrected chi connectivity index (χ2v) is 5.46. The fourth-order valence-corrected chi connectivity index (χ4v) is 2.88. The first-order valence-electron chi connectivity index (χ1n) is 7.29. The number of rotatable bonds is 4. The van der Waals surface area contributed by atoms with Crippen LogP contribution in [0, 0.1) is 0 Å². The molecule has 0 saturated heterocycles. The van der Waals surface area contributed by atoms with E-state index in [1.807, 2.05) is 6.92 Å². The molecule has 0 aliphatic heterocycles. The Morgan fingerprint density at radius 3 is 2.37 bits per heavy atom. The highest BCUT2D eigenvalue weighted by molar-refractivity contribution is 5.82. The highest BCUT2D eigenvalue weighted by atomic mass is 16.2. The summed E-state index contributed by atoms with van der Waals surface area (Å²) in [6.45, 7) is 1.93. The van der Waals surface area contributed by atoms with Crippen molar-refractivity contribution in [2.45, 2.75) is 50.9 Å². The molecule has 2 rings (SSSR count). The van der Waals surface area contributed by atoms with Gasteiger partial charge in [-0.05, 0) is 36.8 Å². The summed E-state index contributed by atoms with van der Waals surface area (Å²) >= 11 is 0. The molecule has 1 aromatic carbocycles. The molecule has 1 unspecified atom stereocenters. The number of benzene rings is 1. The van der Waals surface area contributed by atoms with Crippen LogP contribution >= 0.6 is 0 Å². The lowest BCUT2D eigenvalue weighted by Gasteiger charge is -2.22. The molecule has 104 valence electrons. The van der Waals surface area contributed by atoms with Gasteiger partial charge in [-0.2, -0.15) is 0 Å². The quantitative estimate of drug-likeness (QED) is 0.817. The Hall–Kier alpha value is -1.35. The van der Waals surface area contributed by atoms with Gasteiger partial charge in [-0.3, -0.25) is 10.2 Å². The van der Waals surface area contributed by atoms with Crippen molar-refractivity contribution in [3.8, 4) is 0 Å². The van der Waals surface area contributed by atoms with Gasteiger partial charge in [0, 0.05) is 7.05 Å². The maximum atomic E-state index is 11.8. The van der Waals surface area contributed by atoms with E-state index in [1.54, 1.807) is 7.05 Å². The molecule has 1 saturated carbocycles. The van der Waals surface area contributed by atoms with Crippen molar-refractivity contribution in [2.75, 3.05) is 7.05 Å². The lowest BCUT2D eigenvalue weighted by atomic mass is 9.83. The molecule has 3 nitrogen and oxygen atoms in total. The van der Waals surface area contributed by atoms with Crippen LogP contribution < -0.4 is 10.9 Å². The van der Waals surface area contributed by atoms with Gasteiger partial charge in [0.1, 0.15) is 0 Å². The van der Waals surface area contributed by atoms with Crippen molar-refractivity contribution in [3.63, 3.8) is 0 Å². The van der Waals surface area contributed by atoms with Gasteiger partial charge in [-0.25, -0.2) is 5.43 Å². The Bertz CT molecular complexity index is 407. The molecular formula is C16H24N2O. The summed E-state index contributed by atoms with van der Waals surface area (Å²) in [5.74, 6) is 0.616. The zero-order chi connectivity index (χ0) is 13.7. The minimum Gasteiger partial charge on any atom is -0.291 e. The largest absolute Gasteiger partial charge is 0.291 e. The zero-order valence-electron chi connectivity index (χ0n) is 11.9. The minimum absolute atomic E-state index is 0.00733. The van der Waals surface area contributed by atoms with Crippen LogP contribution in [-0.2, 0) is 4.79 Å². The number of hydrazine groups is 1. The average molecular weight is 260 g/mol. The van der Waals surface area contributed by atoms with Gasteiger partial charge < -0.3 is 0 Å². The van der Waals surface area contributed by atoms with E-state index in [-0.39, 0.29) is 11.8 Å². The topological polar surface area (TPSA) is 41.1 Å². The van der Waals surface area contributed by atoms with E-state index in [9.17, 15) is 4.79 Å². The molecule has 0 spiro atoms. The van der Waals surface area contributed by atoms with Crippen molar-refractivity contribution < 1.29 is 4.79 Å². The molecule has 0 aromatic heterocycles. The molecule has 19 heavy (non-hydrogen) atoms. The van der Waals surface area contributed by atoms with Crippen LogP contribution in [0.3, 0.4) is 0 Å².